The third-order valence-corrected chi connectivity index (χ3v) is 4.91. The molecule has 0 bridgehead atoms. The van der Waals surface area contributed by atoms with Crippen molar-refractivity contribution in [3.63, 3.8) is 0 Å². The molecule has 0 saturated heterocycles. The predicted octanol–water partition coefficient (Wildman–Crippen LogP) is 7.31. The standard InChI is InChI=1S/2C12H26.2H3O3PS.Sn.2H/c2*1-3-5-7-9-11-12-10-8-6-4-2;2*1-4(2,3)5;;;/h2*3-12H2,1-2H3;2*(H3,1,2,3,5);;;. The second-order valence-corrected chi connectivity index (χ2v) is 13.7. The van der Waals surface area contributed by atoms with Gasteiger partial charge in [0.05, 0.1) is 0 Å². The summed E-state index contributed by atoms with van der Waals surface area (Å²) in [5.74, 6) is 0. The molecule has 2 radical (unpaired) electrons. The first-order valence-electron chi connectivity index (χ1n) is 13.4. The van der Waals surface area contributed by atoms with Crippen LogP contribution >= 0.6 is 13.4 Å². The van der Waals surface area contributed by atoms with Gasteiger partial charge in [0.1, 0.15) is 0 Å². The van der Waals surface area contributed by atoms with Crippen molar-refractivity contribution in [3.8, 4) is 0 Å². The van der Waals surface area contributed by atoms with Crippen LogP contribution in [0.4, 0.5) is 0 Å². The Morgan fingerprint density at radius 2 is 0.429 bits per heavy atom. The zero-order valence-corrected chi connectivity index (χ0v) is 30.7. The predicted molar refractivity (Wildman–Crippen MR) is 165 cm³/mol. The van der Waals surface area contributed by atoms with Gasteiger partial charge in [0.15, 0.2) is 0 Å². The molecule has 0 fully saturated rings. The molecule has 0 aliphatic heterocycles. The fraction of sp³-hybridized carbons (Fsp3) is 1.00. The summed E-state index contributed by atoms with van der Waals surface area (Å²) >= 11 is 7.21. The van der Waals surface area contributed by atoms with Gasteiger partial charge in [-0.25, -0.2) is 0 Å². The van der Waals surface area contributed by atoms with E-state index in [9.17, 15) is 0 Å². The summed E-state index contributed by atoms with van der Waals surface area (Å²) in [5.41, 5.74) is 0. The summed E-state index contributed by atoms with van der Waals surface area (Å²) in [5, 5.41) is 0. The second-order valence-electron chi connectivity index (χ2n) is 8.68. The molecule has 0 unspecified atom stereocenters. The maximum absolute atomic E-state index is 7.56. The van der Waals surface area contributed by atoms with Crippen molar-refractivity contribution >= 4 is 61.0 Å². The molecule has 0 aromatic rings. The van der Waals surface area contributed by atoms with Gasteiger partial charge in [0, 0.05) is 0 Å². The fourth-order valence-electron chi connectivity index (χ4n) is 3.12. The molecule has 35 heavy (non-hydrogen) atoms. The Morgan fingerprint density at radius 1 is 0.343 bits per heavy atom. The molecule has 0 saturated carbocycles. The second kappa shape index (κ2) is 38.0. The van der Waals surface area contributed by atoms with Crippen LogP contribution in [-0.2, 0) is 23.6 Å². The molecular weight excluding hydrogens is 629 g/mol. The van der Waals surface area contributed by atoms with Crippen LogP contribution < -0.4 is 0 Å². The van der Waals surface area contributed by atoms with Crippen molar-refractivity contribution in [1.82, 2.24) is 0 Å². The molecule has 0 aromatic carbocycles. The van der Waals surface area contributed by atoms with Crippen LogP contribution in [0.1, 0.15) is 156 Å². The van der Waals surface area contributed by atoms with Crippen molar-refractivity contribution in [2.45, 2.75) is 156 Å². The molecule has 0 aliphatic carbocycles. The van der Waals surface area contributed by atoms with E-state index in [1.165, 1.54) is 128 Å². The number of rotatable bonds is 18. The van der Waals surface area contributed by atoms with Crippen LogP contribution in [-0.4, -0.2) is 53.3 Å². The zero-order valence-electron chi connectivity index (χ0n) is 23.2. The summed E-state index contributed by atoms with van der Waals surface area (Å²) in [6, 6.07) is 0. The average molecular weight is 690 g/mol. The fourth-order valence-corrected chi connectivity index (χ4v) is 3.12. The van der Waals surface area contributed by atoms with Crippen LogP contribution in [0.25, 0.3) is 0 Å². The van der Waals surface area contributed by atoms with Crippen molar-refractivity contribution in [3.05, 3.63) is 0 Å². The summed E-state index contributed by atoms with van der Waals surface area (Å²) in [6.45, 7) is 1.50. The summed E-state index contributed by atoms with van der Waals surface area (Å²) in [4.78, 5) is 45.3. The minimum atomic E-state index is -3.81. The van der Waals surface area contributed by atoms with E-state index >= 15 is 0 Å². The van der Waals surface area contributed by atoms with Gasteiger partial charge in [0.25, 0.3) is 0 Å². The van der Waals surface area contributed by atoms with Gasteiger partial charge in [-0.3, -0.25) is 0 Å². The van der Waals surface area contributed by atoms with E-state index in [2.05, 4.69) is 51.3 Å². The molecule has 218 valence electrons. The Balaban J connectivity index is -0.000000122. The van der Waals surface area contributed by atoms with E-state index in [1.54, 1.807) is 0 Å². The van der Waals surface area contributed by atoms with Gasteiger partial charge in [-0.05, 0) is 23.6 Å². The first-order chi connectivity index (χ1) is 15.8. The zero-order chi connectivity index (χ0) is 27.1. The Labute approximate surface area is 245 Å². The van der Waals surface area contributed by atoms with E-state index in [1.807, 2.05) is 0 Å². The van der Waals surface area contributed by atoms with Crippen LogP contribution in [0.2, 0.25) is 0 Å². The average Bonchev–Trinajstić information content (AvgIpc) is 2.70. The number of hydrogen-bond donors (Lipinski definition) is 6. The van der Waals surface area contributed by atoms with Crippen LogP contribution in [0.15, 0.2) is 0 Å². The Morgan fingerprint density at radius 3 is 0.514 bits per heavy atom. The molecule has 0 heterocycles. The topological polar surface area (TPSA) is 121 Å². The molecular formula is C24H60O6P2S2Sn. The monoisotopic (exact) mass is 690 g/mol. The Kier molecular flexibility index (Phi) is 50.7. The summed E-state index contributed by atoms with van der Waals surface area (Å²) in [6.07, 6.45) is 28.9. The Hall–Kier alpha value is 1.86. The van der Waals surface area contributed by atoms with Crippen molar-refractivity contribution in [2.75, 3.05) is 0 Å². The SMILES string of the molecule is CCCCCCCCCCCC.CCCCCCCCCCCC.OP(O)(O)=S.OP(O)(O)=S.[SnH2]. The first-order valence-corrected chi connectivity index (χ1v) is 18.7. The van der Waals surface area contributed by atoms with E-state index < -0.39 is 13.4 Å². The van der Waals surface area contributed by atoms with Crippen LogP contribution in [0, 0.1) is 0 Å². The minimum absolute atomic E-state index is 0. The van der Waals surface area contributed by atoms with Gasteiger partial charge < -0.3 is 29.4 Å². The quantitative estimate of drug-likeness (QED) is 0.0504. The molecule has 0 spiro atoms. The number of hydrogen-bond acceptors (Lipinski definition) is 2. The summed E-state index contributed by atoms with van der Waals surface area (Å²) < 4.78 is 0. The molecule has 0 aromatic heterocycles. The van der Waals surface area contributed by atoms with Gasteiger partial charge in [-0.2, -0.15) is 0 Å². The molecule has 0 rings (SSSR count). The van der Waals surface area contributed by atoms with E-state index in [0.717, 1.165) is 0 Å². The van der Waals surface area contributed by atoms with Crippen molar-refractivity contribution in [1.29, 1.82) is 0 Å². The first kappa shape index (κ1) is 46.7. The molecule has 11 heteroatoms. The van der Waals surface area contributed by atoms with Gasteiger partial charge in [-0.1, -0.05) is 156 Å². The summed E-state index contributed by atoms with van der Waals surface area (Å²) in [7, 11) is 0. The molecule has 6 N–H and O–H groups in total. The third kappa shape index (κ3) is 104. The molecule has 0 aliphatic rings. The normalized spacial score (nSPS) is 10.6. The van der Waals surface area contributed by atoms with Gasteiger partial charge in [0.2, 0.25) is 0 Å². The van der Waals surface area contributed by atoms with E-state index in [0.29, 0.717) is 0 Å². The van der Waals surface area contributed by atoms with Crippen molar-refractivity contribution in [2.24, 2.45) is 0 Å². The van der Waals surface area contributed by atoms with E-state index in [-0.39, 0.29) is 23.9 Å². The van der Waals surface area contributed by atoms with Crippen LogP contribution in [0.5, 0.6) is 0 Å². The number of unbranched alkanes of at least 4 members (excludes halogenated alkanes) is 18. The molecule has 0 amide bonds. The Bertz CT molecular complexity index is 375. The molecule has 0 atom stereocenters. The molecule has 6 nitrogen and oxygen atoms in total. The van der Waals surface area contributed by atoms with Crippen molar-refractivity contribution < 1.29 is 29.4 Å². The van der Waals surface area contributed by atoms with E-state index in [4.69, 9.17) is 29.4 Å². The van der Waals surface area contributed by atoms with Crippen LogP contribution in [0.3, 0.4) is 0 Å². The third-order valence-electron chi connectivity index (χ3n) is 4.91. The van der Waals surface area contributed by atoms with Gasteiger partial charge >= 0.3 is 37.3 Å². The maximum atomic E-state index is 7.56. The van der Waals surface area contributed by atoms with Gasteiger partial charge in [-0.15, -0.1) is 0 Å².